The highest BCUT2D eigenvalue weighted by Crippen LogP contribution is 2.25. The zero-order valence-electron chi connectivity index (χ0n) is 13.7. The van der Waals surface area contributed by atoms with Gasteiger partial charge in [0.25, 0.3) is 0 Å². The average molecular weight is 325 g/mol. The fourth-order valence-electron chi connectivity index (χ4n) is 2.73. The number of carbonyl (C=O) groups excluding carboxylic acids is 2. The van der Waals surface area contributed by atoms with Gasteiger partial charge in [-0.25, -0.2) is 4.79 Å². The van der Waals surface area contributed by atoms with Crippen LogP contribution in [0, 0.1) is 6.92 Å². The maximum atomic E-state index is 12.2. The molecule has 1 fully saturated rings. The third-order valence-electron chi connectivity index (χ3n) is 4.08. The third-order valence-corrected chi connectivity index (χ3v) is 4.08. The summed E-state index contributed by atoms with van der Waals surface area (Å²) in [5.74, 6) is 0.770. The molecule has 0 aromatic heterocycles. The summed E-state index contributed by atoms with van der Waals surface area (Å²) in [6, 6.07) is 12.2. The Balaban J connectivity index is 1.71. The number of amides is 1. The lowest BCUT2D eigenvalue weighted by atomic mass is 10.1. The summed E-state index contributed by atoms with van der Waals surface area (Å²) in [5, 5.41) is 0. The summed E-state index contributed by atoms with van der Waals surface area (Å²) in [7, 11) is 1.57. The molecule has 3 rings (SSSR count). The van der Waals surface area contributed by atoms with Gasteiger partial charge in [-0.2, -0.15) is 0 Å². The number of esters is 1. The van der Waals surface area contributed by atoms with Crippen LogP contribution in [0.5, 0.6) is 11.5 Å². The smallest absolute Gasteiger partial charge is 0.343 e. The van der Waals surface area contributed by atoms with Crippen molar-refractivity contribution in [3.05, 3.63) is 53.6 Å². The van der Waals surface area contributed by atoms with Crippen molar-refractivity contribution in [1.82, 2.24) is 0 Å². The Hall–Kier alpha value is -2.82. The van der Waals surface area contributed by atoms with Crippen molar-refractivity contribution in [2.75, 3.05) is 18.6 Å². The summed E-state index contributed by atoms with van der Waals surface area (Å²) in [6.07, 6.45) is 1.47. The van der Waals surface area contributed by atoms with Gasteiger partial charge in [0.15, 0.2) is 0 Å². The molecule has 1 saturated heterocycles. The average Bonchev–Trinajstić information content (AvgIpc) is 3.02. The van der Waals surface area contributed by atoms with Crippen LogP contribution in [0.1, 0.15) is 28.8 Å². The minimum Gasteiger partial charge on any atom is -0.496 e. The highest BCUT2D eigenvalue weighted by Gasteiger charge is 2.21. The Morgan fingerprint density at radius 3 is 2.50 bits per heavy atom. The SMILES string of the molecule is COc1cc(C(=O)Oc2ccc(N3CCCC3=O)cc2)ccc1C. The van der Waals surface area contributed by atoms with Crippen molar-refractivity contribution in [2.24, 2.45) is 0 Å². The topological polar surface area (TPSA) is 55.8 Å². The van der Waals surface area contributed by atoms with Crippen LogP contribution in [-0.4, -0.2) is 25.5 Å². The van der Waals surface area contributed by atoms with Crippen LogP contribution in [-0.2, 0) is 4.79 Å². The first-order valence-electron chi connectivity index (χ1n) is 7.86. The van der Waals surface area contributed by atoms with Gasteiger partial charge in [0.1, 0.15) is 11.5 Å². The summed E-state index contributed by atoms with van der Waals surface area (Å²) in [4.78, 5) is 25.7. The molecular formula is C19H19NO4. The third kappa shape index (κ3) is 3.25. The van der Waals surface area contributed by atoms with Crippen LogP contribution in [0.4, 0.5) is 5.69 Å². The molecule has 24 heavy (non-hydrogen) atoms. The fraction of sp³-hybridized carbons (Fsp3) is 0.263. The molecule has 5 nitrogen and oxygen atoms in total. The van der Waals surface area contributed by atoms with E-state index in [1.54, 1.807) is 48.4 Å². The summed E-state index contributed by atoms with van der Waals surface area (Å²) in [5.41, 5.74) is 2.21. The number of anilines is 1. The Morgan fingerprint density at radius 2 is 1.88 bits per heavy atom. The van der Waals surface area contributed by atoms with E-state index in [0.717, 1.165) is 24.2 Å². The molecule has 0 aliphatic carbocycles. The van der Waals surface area contributed by atoms with Crippen LogP contribution < -0.4 is 14.4 Å². The second kappa shape index (κ2) is 6.74. The molecule has 124 valence electrons. The molecule has 0 radical (unpaired) electrons. The predicted molar refractivity (Wildman–Crippen MR) is 90.7 cm³/mol. The Morgan fingerprint density at radius 1 is 1.12 bits per heavy atom. The number of methoxy groups -OCH3 is 1. The van der Waals surface area contributed by atoms with Gasteiger partial charge in [-0.05, 0) is 55.3 Å². The van der Waals surface area contributed by atoms with Gasteiger partial charge in [0.05, 0.1) is 12.7 Å². The molecule has 1 heterocycles. The molecule has 1 aliphatic heterocycles. The van der Waals surface area contributed by atoms with E-state index in [-0.39, 0.29) is 5.91 Å². The second-order valence-electron chi connectivity index (χ2n) is 5.72. The summed E-state index contributed by atoms with van der Waals surface area (Å²) >= 11 is 0. The van der Waals surface area contributed by atoms with Crippen molar-refractivity contribution in [1.29, 1.82) is 0 Å². The molecule has 0 atom stereocenters. The number of hydrogen-bond acceptors (Lipinski definition) is 4. The van der Waals surface area contributed by atoms with E-state index in [1.807, 2.05) is 13.0 Å². The summed E-state index contributed by atoms with van der Waals surface area (Å²) < 4.78 is 10.6. The number of nitrogens with zero attached hydrogens (tertiary/aromatic N) is 1. The normalized spacial score (nSPS) is 13.9. The van der Waals surface area contributed by atoms with E-state index in [9.17, 15) is 9.59 Å². The molecule has 5 heteroatoms. The molecule has 1 aliphatic rings. The highest BCUT2D eigenvalue weighted by atomic mass is 16.5. The van der Waals surface area contributed by atoms with Gasteiger partial charge in [-0.3, -0.25) is 4.79 Å². The Bertz CT molecular complexity index is 767. The quantitative estimate of drug-likeness (QED) is 0.639. The molecule has 1 amide bonds. The van der Waals surface area contributed by atoms with E-state index in [0.29, 0.717) is 23.5 Å². The Labute approximate surface area is 140 Å². The molecule has 2 aromatic rings. The molecule has 0 unspecified atom stereocenters. The van der Waals surface area contributed by atoms with Gasteiger partial charge in [0, 0.05) is 18.7 Å². The van der Waals surface area contributed by atoms with Crippen molar-refractivity contribution < 1.29 is 19.1 Å². The molecular weight excluding hydrogens is 306 g/mol. The van der Waals surface area contributed by atoms with Crippen LogP contribution >= 0.6 is 0 Å². The number of carbonyl (C=O) groups is 2. The lowest BCUT2D eigenvalue weighted by Gasteiger charge is -2.15. The van der Waals surface area contributed by atoms with E-state index in [4.69, 9.17) is 9.47 Å². The van der Waals surface area contributed by atoms with Gasteiger partial charge < -0.3 is 14.4 Å². The maximum Gasteiger partial charge on any atom is 0.343 e. The van der Waals surface area contributed by atoms with Gasteiger partial charge in [-0.1, -0.05) is 6.07 Å². The molecule has 2 aromatic carbocycles. The Kier molecular flexibility index (Phi) is 4.51. The van der Waals surface area contributed by atoms with E-state index >= 15 is 0 Å². The second-order valence-corrected chi connectivity index (χ2v) is 5.72. The van der Waals surface area contributed by atoms with Crippen molar-refractivity contribution >= 4 is 17.6 Å². The lowest BCUT2D eigenvalue weighted by molar-refractivity contribution is -0.117. The first-order valence-corrected chi connectivity index (χ1v) is 7.86. The minimum absolute atomic E-state index is 0.131. The van der Waals surface area contributed by atoms with Crippen LogP contribution in [0.15, 0.2) is 42.5 Å². The van der Waals surface area contributed by atoms with Crippen LogP contribution in [0.2, 0.25) is 0 Å². The van der Waals surface area contributed by atoms with Crippen molar-refractivity contribution in [2.45, 2.75) is 19.8 Å². The molecule has 0 spiro atoms. The first-order chi connectivity index (χ1) is 11.6. The zero-order valence-corrected chi connectivity index (χ0v) is 13.7. The van der Waals surface area contributed by atoms with E-state index < -0.39 is 5.97 Å². The fourth-order valence-corrected chi connectivity index (χ4v) is 2.73. The van der Waals surface area contributed by atoms with Gasteiger partial charge >= 0.3 is 5.97 Å². The standard InChI is InChI=1S/C19H19NO4/c1-13-5-6-14(12-17(13)23-2)19(22)24-16-9-7-15(8-10-16)20-11-3-4-18(20)21/h5-10,12H,3-4,11H2,1-2H3. The number of ether oxygens (including phenoxy) is 2. The minimum atomic E-state index is -0.446. The monoisotopic (exact) mass is 325 g/mol. The van der Waals surface area contributed by atoms with Crippen molar-refractivity contribution in [3.63, 3.8) is 0 Å². The predicted octanol–water partition coefficient (Wildman–Crippen LogP) is 3.35. The van der Waals surface area contributed by atoms with E-state index in [2.05, 4.69) is 0 Å². The molecule has 0 N–H and O–H groups in total. The maximum absolute atomic E-state index is 12.2. The van der Waals surface area contributed by atoms with Gasteiger partial charge in [0.2, 0.25) is 5.91 Å². The van der Waals surface area contributed by atoms with Crippen LogP contribution in [0.25, 0.3) is 0 Å². The largest absolute Gasteiger partial charge is 0.496 e. The van der Waals surface area contributed by atoms with Crippen LogP contribution in [0.3, 0.4) is 0 Å². The first kappa shape index (κ1) is 16.1. The molecule has 0 bridgehead atoms. The zero-order chi connectivity index (χ0) is 17.1. The number of benzene rings is 2. The highest BCUT2D eigenvalue weighted by molar-refractivity contribution is 5.95. The van der Waals surface area contributed by atoms with Gasteiger partial charge in [-0.15, -0.1) is 0 Å². The van der Waals surface area contributed by atoms with E-state index in [1.165, 1.54) is 0 Å². The number of hydrogen-bond donors (Lipinski definition) is 0. The number of rotatable bonds is 4. The summed E-state index contributed by atoms with van der Waals surface area (Å²) in [6.45, 7) is 2.65. The van der Waals surface area contributed by atoms with Crippen molar-refractivity contribution in [3.8, 4) is 11.5 Å². The number of aryl methyl sites for hydroxylation is 1. The lowest BCUT2D eigenvalue weighted by Crippen LogP contribution is -2.23. The molecule has 0 saturated carbocycles.